The molecule has 1 heterocycles. The van der Waals surface area contributed by atoms with Crippen LogP contribution in [0.2, 0.25) is 0 Å². The number of aryl methyl sites for hydroxylation is 1. The van der Waals surface area contributed by atoms with Crippen LogP contribution in [0.1, 0.15) is 25.1 Å². The van der Waals surface area contributed by atoms with Crippen molar-refractivity contribution in [1.82, 2.24) is 4.98 Å². The van der Waals surface area contributed by atoms with E-state index in [1.807, 2.05) is 13.0 Å². The number of nitriles is 1. The van der Waals surface area contributed by atoms with Crippen molar-refractivity contribution in [3.05, 3.63) is 23.4 Å². The molecule has 0 saturated heterocycles. The number of aromatic nitrogens is 1. The first-order valence-corrected chi connectivity index (χ1v) is 5.76. The van der Waals surface area contributed by atoms with Crippen molar-refractivity contribution < 1.29 is 4.74 Å². The molecule has 0 fully saturated rings. The highest BCUT2D eigenvalue weighted by Crippen LogP contribution is 2.17. The minimum atomic E-state index is 0.242. The predicted octanol–water partition coefficient (Wildman–Crippen LogP) is 2.12. The molecule has 0 aromatic carbocycles. The Labute approximate surface area is 103 Å². The molecule has 0 spiro atoms. The van der Waals surface area contributed by atoms with Gasteiger partial charge in [-0.15, -0.1) is 0 Å². The SMILES string of the molecule is CCN(c1cc(C#N)cc(C)n1)C(C)COC. The Hall–Kier alpha value is -1.60. The molecule has 0 aliphatic rings. The molecule has 0 saturated carbocycles. The number of rotatable bonds is 5. The van der Waals surface area contributed by atoms with Crippen LogP contribution in [0.15, 0.2) is 12.1 Å². The number of ether oxygens (including phenoxy) is 1. The van der Waals surface area contributed by atoms with Gasteiger partial charge in [-0.3, -0.25) is 0 Å². The highest BCUT2D eigenvalue weighted by molar-refractivity contribution is 5.47. The van der Waals surface area contributed by atoms with Gasteiger partial charge in [0.05, 0.1) is 24.3 Å². The van der Waals surface area contributed by atoms with Gasteiger partial charge in [0, 0.05) is 19.3 Å². The van der Waals surface area contributed by atoms with Crippen molar-refractivity contribution >= 4 is 5.82 Å². The van der Waals surface area contributed by atoms with Gasteiger partial charge in [-0.1, -0.05) is 0 Å². The summed E-state index contributed by atoms with van der Waals surface area (Å²) in [5.41, 5.74) is 1.51. The van der Waals surface area contributed by atoms with Crippen molar-refractivity contribution in [3.8, 4) is 6.07 Å². The molecule has 0 amide bonds. The van der Waals surface area contributed by atoms with Gasteiger partial charge in [0.25, 0.3) is 0 Å². The molecule has 0 aliphatic carbocycles. The Morgan fingerprint density at radius 3 is 2.76 bits per heavy atom. The lowest BCUT2D eigenvalue weighted by molar-refractivity contribution is 0.181. The summed E-state index contributed by atoms with van der Waals surface area (Å²) in [5, 5.41) is 8.96. The number of nitrogens with zero attached hydrogens (tertiary/aromatic N) is 3. The number of methoxy groups -OCH3 is 1. The first kappa shape index (κ1) is 13.5. The van der Waals surface area contributed by atoms with E-state index in [2.05, 4.69) is 29.8 Å². The Bertz CT molecular complexity index is 412. The maximum absolute atomic E-state index is 8.96. The van der Waals surface area contributed by atoms with Crippen molar-refractivity contribution in [1.29, 1.82) is 5.26 Å². The van der Waals surface area contributed by atoms with Crippen molar-refractivity contribution in [2.24, 2.45) is 0 Å². The fourth-order valence-corrected chi connectivity index (χ4v) is 1.89. The van der Waals surface area contributed by atoms with Gasteiger partial charge in [-0.25, -0.2) is 4.98 Å². The van der Waals surface area contributed by atoms with E-state index in [1.54, 1.807) is 13.2 Å². The van der Waals surface area contributed by atoms with Gasteiger partial charge in [-0.05, 0) is 32.9 Å². The molecule has 1 atom stereocenters. The molecule has 1 aromatic heterocycles. The average molecular weight is 233 g/mol. The van der Waals surface area contributed by atoms with E-state index in [1.165, 1.54) is 0 Å². The molecular weight excluding hydrogens is 214 g/mol. The van der Waals surface area contributed by atoms with Crippen LogP contribution in [0.4, 0.5) is 5.82 Å². The number of hydrogen-bond acceptors (Lipinski definition) is 4. The monoisotopic (exact) mass is 233 g/mol. The zero-order chi connectivity index (χ0) is 12.8. The second-order valence-electron chi connectivity index (χ2n) is 4.06. The molecule has 17 heavy (non-hydrogen) atoms. The number of anilines is 1. The van der Waals surface area contributed by atoms with E-state index in [4.69, 9.17) is 10.00 Å². The zero-order valence-corrected chi connectivity index (χ0v) is 10.9. The average Bonchev–Trinajstić information content (AvgIpc) is 2.29. The summed E-state index contributed by atoms with van der Waals surface area (Å²) in [7, 11) is 1.69. The maximum Gasteiger partial charge on any atom is 0.130 e. The smallest absolute Gasteiger partial charge is 0.130 e. The first-order chi connectivity index (χ1) is 8.12. The Morgan fingerprint density at radius 1 is 1.53 bits per heavy atom. The Balaban J connectivity index is 3.03. The Kier molecular flexibility index (Phi) is 4.92. The molecule has 0 bridgehead atoms. The van der Waals surface area contributed by atoms with E-state index in [9.17, 15) is 0 Å². The Morgan fingerprint density at radius 2 is 2.24 bits per heavy atom. The number of hydrogen-bond donors (Lipinski definition) is 0. The second kappa shape index (κ2) is 6.21. The van der Waals surface area contributed by atoms with Crippen molar-refractivity contribution in [2.45, 2.75) is 26.8 Å². The number of likely N-dealkylation sites (N-methyl/N-ethyl adjacent to an activating group) is 1. The molecule has 0 aliphatic heterocycles. The standard InChI is InChI=1S/C13H19N3O/c1-5-16(11(3)9-17-4)13-7-12(8-14)6-10(2)15-13/h6-7,11H,5,9H2,1-4H3. The van der Waals surface area contributed by atoms with Crippen LogP contribution in [0.5, 0.6) is 0 Å². The molecule has 1 unspecified atom stereocenters. The third-order valence-electron chi connectivity index (χ3n) is 2.64. The molecule has 0 radical (unpaired) electrons. The molecule has 0 N–H and O–H groups in total. The van der Waals surface area contributed by atoms with Crippen LogP contribution in [-0.4, -0.2) is 31.3 Å². The lowest BCUT2D eigenvalue weighted by Gasteiger charge is -2.28. The second-order valence-corrected chi connectivity index (χ2v) is 4.06. The summed E-state index contributed by atoms with van der Waals surface area (Å²) in [6.07, 6.45) is 0. The summed E-state index contributed by atoms with van der Waals surface area (Å²) in [5.74, 6) is 0.841. The highest BCUT2D eigenvalue weighted by Gasteiger charge is 2.14. The molecule has 4 nitrogen and oxygen atoms in total. The normalized spacial score (nSPS) is 11.9. The summed E-state index contributed by atoms with van der Waals surface area (Å²) in [6, 6.07) is 6.01. The zero-order valence-electron chi connectivity index (χ0n) is 10.9. The molecular formula is C13H19N3O. The van der Waals surface area contributed by atoms with Crippen LogP contribution < -0.4 is 4.90 Å². The van der Waals surface area contributed by atoms with Gasteiger partial charge in [0.1, 0.15) is 5.82 Å². The van der Waals surface area contributed by atoms with Crippen molar-refractivity contribution in [3.63, 3.8) is 0 Å². The van der Waals surface area contributed by atoms with Crippen LogP contribution in [-0.2, 0) is 4.74 Å². The van der Waals surface area contributed by atoms with E-state index in [0.717, 1.165) is 18.1 Å². The molecule has 1 aromatic rings. The summed E-state index contributed by atoms with van der Waals surface area (Å²) < 4.78 is 5.16. The maximum atomic E-state index is 8.96. The predicted molar refractivity (Wildman–Crippen MR) is 68.0 cm³/mol. The van der Waals surface area contributed by atoms with E-state index >= 15 is 0 Å². The van der Waals surface area contributed by atoms with Crippen LogP contribution in [0.25, 0.3) is 0 Å². The topological polar surface area (TPSA) is 49.2 Å². The number of pyridine rings is 1. The lowest BCUT2D eigenvalue weighted by atomic mass is 10.2. The quantitative estimate of drug-likeness (QED) is 0.781. The fourth-order valence-electron chi connectivity index (χ4n) is 1.89. The third-order valence-corrected chi connectivity index (χ3v) is 2.64. The fraction of sp³-hybridized carbons (Fsp3) is 0.538. The van der Waals surface area contributed by atoms with E-state index < -0.39 is 0 Å². The van der Waals surface area contributed by atoms with Gasteiger partial charge in [-0.2, -0.15) is 5.26 Å². The highest BCUT2D eigenvalue weighted by atomic mass is 16.5. The molecule has 92 valence electrons. The van der Waals surface area contributed by atoms with Gasteiger partial charge in [0.15, 0.2) is 0 Å². The van der Waals surface area contributed by atoms with Crippen LogP contribution in [0.3, 0.4) is 0 Å². The van der Waals surface area contributed by atoms with Crippen LogP contribution in [0, 0.1) is 18.3 Å². The molecule has 4 heteroatoms. The lowest BCUT2D eigenvalue weighted by Crippen LogP contribution is -2.36. The van der Waals surface area contributed by atoms with Crippen LogP contribution >= 0.6 is 0 Å². The first-order valence-electron chi connectivity index (χ1n) is 5.76. The third kappa shape index (κ3) is 3.43. The van der Waals surface area contributed by atoms with Gasteiger partial charge < -0.3 is 9.64 Å². The van der Waals surface area contributed by atoms with E-state index in [0.29, 0.717) is 12.2 Å². The van der Waals surface area contributed by atoms with Gasteiger partial charge in [0.2, 0.25) is 0 Å². The summed E-state index contributed by atoms with van der Waals surface area (Å²) in [6.45, 7) is 7.54. The van der Waals surface area contributed by atoms with E-state index in [-0.39, 0.29) is 6.04 Å². The van der Waals surface area contributed by atoms with Gasteiger partial charge >= 0.3 is 0 Å². The minimum Gasteiger partial charge on any atom is -0.383 e. The largest absolute Gasteiger partial charge is 0.383 e. The minimum absolute atomic E-state index is 0.242. The summed E-state index contributed by atoms with van der Waals surface area (Å²) in [4.78, 5) is 6.61. The molecule has 1 rings (SSSR count). The summed E-state index contributed by atoms with van der Waals surface area (Å²) >= 11 is 0. The van der Waals surface area contributed by atoms with Crippen molar-refractivity contribution in [2.75, 3.05) is 25.2 Å².